The van der Waals surface area contributed by atoms with Crippen LogP contribution in [0.2, 0.25) is 0 Å². The smallest absolute Gasteiger partial charge is 0.416 e. The van der Waals surface area contributed by atoms with Crippen molar-refractivity contribution in [2.75, 3.05) is 24.7 Å². The Morgan fingerprint density at radius 2 is 1.61 bits per heavy atom. The summed E-state index contributed by atoms with van der Waals surface area (Å²) in [6, 6.07) is 8.00. The number of benzene rings is 2. The molecule has 13 heteroatoms. The van der Waals surface area contributed by atoms with E-state index in [0.29, 0.717) is 54.4 Å². The predicted molar refractivity (Wildman–Crippen MR) is 147 cm³/mol. The van der Waals surface area contributed by atoms with Crippen LogP contribution < -0.4 is 4.90 Å². The number of halogens is 7. The second kappa shape index (κ2) is 12.3. The molecule has 44 heavy (non-hydrogen) atoms. The summed E-state index contributed by atoms with van der Waals surface area (Å²) in [5.41, 5.74) is -1.74. The number of hydrogen-bond donors (Lipinski definition) is 0. The van der Waals surface area contributed by atoms with Crippen molar-refractivity contribution >= 4 is 11.9 Å². The number of hydrogen-bond acceptors (Lipinski definition) is 5. The minimum atomic E-state index is -5.05. The molecule has 236 valence electrons. The molecule has 2 saturated heterocycles. The van der Waals surface area contributed by atoms with Gasteiger partial charge in [0.2, 0.25) is 0 Å². The van der Waals surface area contributed by atoms with Gasteiger partial charge < -0.3 is 14.4 Å². The molecular weight excluding hydrogens is 595 g/mol. The van der Waals surface area contributed by atoms with Crippen LogP contribution in [0, 0.1) is 5.82 Å². The Morgan fingerprint density at radius 3 is 2.20 bits per heavy atom. The first-order valence-electron chi connectivity index (χ1n) is 14.1. The molecule has 3 aromatic rings. The Morgan fingerprint density at radius 1 is 0.955 bits per heavy atom. The van der Waals surface area contributed by atoms with Crippen LogP contribution in [0.25, 0.3) is 11.1 Å². The first-order chi connectivity index (χ1) is 20.8. The van der Waals surface area contributed by atoms with Gasteiger partial charge in [-0.3, -0.25) is 4.90 Å². The number of pyridine rings is 1. The number of rotatable bonds is 7. The van der Waals surface area contributed by atoms with E-state index in [0.717, 1.165) is 12.8 Å². The van der Waals surface area contributed by atoms with Gasteiger partial charge in [-0.1, -0.05) is 12.1 Å². The lowest BCUT2D eigenvalue weighted by Gasteiger charge is -2.36. The fourth-order valence-electron chi connectivity index (χ4n) is 5.77. The van der Waals surface area contributed by atoms with Crippen molar-refractivity contribution in [2.24, 2.45) is 0 Å². The highest BCUT2D eigenvalue weighted by molar-refractivity contribution is 5.72. The number of amides is 1. The molecule has 0 unspecified atom stereocenters. The van der Waals surface area contributed by atoms with Gasteiger partial charge in [-0.25, -0.2) is 14.2 Å². The lowest BCUT2D eigenvalue weighted by Crippen LogP contribution is -2.41. The summed E-state index contributed by atoms with van der Waals surface area (Å²) in [4.78, 5) is 21.2. The SMILES string of the molecule is CCN(c1ncc(-c2cccc(F)c2)cc1CN1C(=O)O[C@H](c2cc(C(F)(F)F)cc(C(F)(F)F)c2)[C@@H]1C)C1CCOCC1. The van der Waals surface area contributed by atoms with Crippen LogP contribution in [0.1, 0.15) is 55.0 Å². The average Bonchev–Trinajstić information content (AvgIpc) is 3.26. The fourth-order valence-corrected chi connectivity index (χ4v) is 5.77. The van der Waals surface area contributed by atoms with E-state index in [4.69, 9.17) is 14.5 Å². The van der Waals surface area contributed by atoms with E-state index >= 15 is 0 Å². The summed E-state index contributed by atoms with van der Waals surface area (Å²) < 4.78 is 106. The van der Waals surface area contributed by atoms with E-state index in [2.05, 4.69) is 4.90 Å². The molecule has 0 bridgehead atoms. The van der Waals surface area contributed by atoms with Gasteiger partial charge in [0.25, 0.3) is 0 Å². The van der Waals surface area contributed by atoms with Gasteiger partial charge in [0.05, 0.1) is 23.7 Å². The number of aromatic nitrogens is 1. The third-order valence-corrected chi connectivity index (χ3v) is 8.02. The Hall–Kier alpha value is -3.87. The molecule has 0 aliphatic carbocycles. The van der Waals surface area contributed by atoms with E-state index in [1.54, 1.807) is 24.4 Å². The van der Waals surface area contributed by atoms with E-state index < -0.39 is 53.1 Å². The summed E-state index contributed by atoms with van der Waals surface area (Å²) in [6.07, 6.45) is -9.31. The topological polar surface area (TPSA) is 54.9 Å². The lowest BCUT2D eigenvalue weighted by atomic mass is 9.97. The molecule has 2 aromatic carbocycles. The number of nitrogens with zero attached hydrogens (tertiary/aromatic N) is 3. The third-order valence-electron chi connectivity index (χ3n) is 8.02. The number of carbonyl (C=O) groups excluding carboxylic acids is 1. The number of anilines is 1. The molecule has 3 heterocycles. The van der Waals surface area contributed by atoms with Crippen LogP contribution in [-0.4, -0.2) is 47.8 Å². The standard InChI is InChI=1S/C31H30F7N3O3/c1-3-40(26-7-9-43-10-8-26)28-22(11-21(16-39-28)19-5-4-6-25(32)14-19)17-41-18(2)27(44-29(41)42)20-12-23(30(33,34)35)15-24(13-20)31(36,37)38/h4-6,11-16,18,26-27H,3,7-10,17H2,1-2H3/t18-,27-/m0/s1. The maximum absolute atomic E-state index is 14.0. The normalized spacial score (nSPS) is 19.8. The molecule has 5 rings (SSSR count). The first-order valence-corrected chi connectivity index (χ1v) is 14.1. The summed E-state index contributed by atoms with van der Waals surface area (Å²) in [5, 5.41) is 0. The van der Waals surface area contributed by atoms with E-state index in [1.807, 2.05) is 6.92 Å². The van der Waals surface area contributed by atoms with Gasteiger partial charge in [-0.05, 0) is 74.2 Å². The number of cyclic esters (lactones) is 1. The van der Waals surface area contributed by atoms with Crippen LogP contribution in [-0.2, 0) is 28.4 Å². The Bertz CT molecular complexity index is 1470. The molecule has 6 nitrogen and oxygen atoms in total. The predicted octanol–water partition coefficient (Wildman–Crippen LogP) is 8.01. The third kappa shape index (κ3) is 6.62. The van der Waals surface area contributed by atoms with Gasteiger partial charge in [-0.2, -0.15) is 26.3 Å². The number of alkyl halides is 6. The van der Waals surface area contributed by atoms with Gasteiger partial charge in [0, 0.05) is 43.1 Å². The van der Waals surface area contributed by atoms with Crippen LogP contribution in [0.15, 0.2) is 54.7 Å². The van der Waals surface area contributed by atoms with Gasteiger partial charge in [0.1, 0.15) is 17.7 Å². The summed E-state index contributed by atoms with van der Waals surface area (Å²) >= 11 is 0. The van der Waals surface area contributed by atoms with Crippen molar-refractivity contribution in [1.82, 2.24) is 9.88 Å². The summed E-state index contributed by atoms with van der Waals surface area (Å²) in [5.74, 6) is 0.103. The molecule has 0 saturated carbocycles. The molecule has 1 amide bonds. The van der Waals surface area contributed by atoms with Crippen LogP contribution in [0.5, 0.6) is 0 Å². The second-order valence-corrected chi connectivity index (χ2v) is 10.9. The molecule has 0 N–H and O–H groups in total. The highest BCUT2D eigenvalue weighted by atomic mass is 19.4. The quantitative estimate of drug-likeness (QED) is 0.249. The zero-order valence-electron chi connectivity index (χ0n) is 23.9. The minimum absolute atomic E-state index is 0.0359. The largest absolute Gasteiger partial charge is 0.439 e. The zero-order chi connectivity index (χ0) is 31.8. The van der Waals surface area contributed by atoms with E-state index in [-0.39, 0.29) is 18.7 Å². The van der Waals surface area contributed by atoms with Crippen LogP contribution in [0.3, 0.4) is 0 Å². The molecule has 1 aromatic heterocycles. The van der Waals surface area contributed by atoms with Crippen LogP contribution >= 0.6 is 0 Å². The molecule has 2 fully saturated rings. The molecule has 0 spiro atoms. The van der Waals surface area contributed by atoms with Gasteiger partial charge >= 0.3 is 18.4 Å². The van der Waals surface area contributed by atoms with Crippen molar-refractivity contribution in [3.8, 4) is 11.1 Å². The monoisotopic (exact) mass is 625 g/mol. The second-order valence-electron chi connectivity index (χ2n) is 10.9. The average molecular weight is 626 g/mol. The van der Waals surface area contributed by atoms with Gasteiger partial charge in [-0.15, -0.1) is 0 Å². The van der Waals surface area contributed by atoms with E-state index in [1.165, 1.54) is 24.0 Å². The van der Waals surface area contributed by atoms with Crippen LogP contribution in [0.4, 0.5) is 41.3 Å². The van der Waals surface area contributed by atoms with Crippen molar-refractivity contribution in [2.45, 2.75) is 63.8 Å². The molecule has 0 radical (unpaired) electrons. The van der Waals surface area contributed by atoms with E-state index in [9.17, 15) is 35.5 Å². The maximum atomic E-state index is 14.0. The number of ether oxygens (including phenoxy) is 2. The fraction of sp³-hybridized carbons (Fsp3) is 0.419. The molecule has 2 aliphatic rings. The van der Waals surface area contributed by atoms with Crippen molar-refractivity contribution in [1.29, 1.82) is 0 Å². The molecular formula is C31H30F7N3O3. The van der Waals surface area contributed by atoms with Crippen molar-refractivity contribution < 1.29 is 45.0 Å². The minimum Gasteiger partial charge on any atom is -0.439 e. The Labute approximate surface area is 249 Å². The van der Waals surface area contributed by atoms with Gasteiger partial charge in [0.15, 0.2) is 0 Å². The Balaban J connectivity index is 1.52. The lowest BCUT2D eigenvalue weighted by molar-refractivity contribution is -0.143. The maximum Gasteiger partial charge on any atom is 0.416 e. The summed E-state index contributed by atoms with van der Waals surface area (Å²) in [6.45, 7) is 5.04. The molecule has 2 aliphatic heterocycles. The zero-order valence-corrected chi connectivity index (χ0v) is 23.9. The van der Waals surface area contributed by atoms with Crippen molar-refractivity contribution in [3.63, 3.8) is 0 Å². The highest BCUT2D eigenvalue weighted by Crippen LogP contribution is 2.41. The first kappa shape index (κ1) is 31.6. The highest BCUT2D eigenvalue weighted by Gasteiger charge is 2.43. The summed E-state index contributed by atoms with van der Waals surface area (Å²) in [7, 11) is 0. The Kier molecular flexibility index (Phi) is 8.79. The van der Waals surface area contributed by atoms with Crippen molar-refractivity contribution in [3.05, 3.63) is 82.8 Å². The molecule has 2 atom stereocenters. The number of carbonyl (C=O) groups is 1.